The summed E-state index contributed by atoms with van der Waals surface area (Å²) in [6, 6.07) is 5.37. The summed E-state index contributed by atoms with van der Waals surface area (Å²) in [5.41, 5.74) is 4.14. The minimum atomic E-state index is -0.313. The lowest BCUT2D eigenvalue weighted by molar-refractivity contribution is -0.126. The van der Waals surface area contributed by atoms with E-state index in [4.69, 9.17) is 4.74 Å². The molecule has 0 radical (unpaired) electrons. The molecule has 2 N–H and O–H groups in total. The zero-order chi connectivity index (χ0) is 14.0. The molecule has 0 fully saturated rings. The maximum Gasteiger partial charge on any atom is 0.262 e. The molecule has 0 aliphatic carbocycles. The molecule has 0 bridgehead atoms. The second-order valence-electron chi connectivity index (χ2n) is 4.68. The molecule has 2 amide bonds. The van der Waals surface area contributed by atoms with Crippen LogP contribution in [0.2, 0.25) is 0 Å². The van der Waals surface area contributed by atoms with Crippen LogP contribution in [0.1, 0.15) is 18.4 Å². The minimum absolute atomic E-state index is 0.0308. The first-order valence-corrected chi connectivity index (χ1v) is 6.02. The van der Waals surface area contributed by atoms with Gasteiger partial charge < -0.3 is 10.1 Å². The Morgan fingerprint density at radius 2 is 2.21 bits per heavy atom. The van der Waals surface area contributed by atoms with Gasteiger partial charge in [-0.25, -0.2) is 5.01 Å². The van der Waals surface area contributed by atoms with Crippen molar-refractivity contribution in [2.24, 2.45) is 0 Å². The van der Waals surface area contributed by atoms with Crippen molar-refractivity contribution in [2.45, 2.75) is 12.8 Å². The minimum Gasteiger partial charge on any atom is -0.482 e. The van der Waals surface area contributed by atoms with Crippen molar-refractivity contribution in [1.82, 2.24) is 10.4 Å². The number of anilines is 1. The molecular weight excluding hydrogens is 246 g/mol. The molecule has 0 saturated carbocycles. The highest BCUT2D eigenvalue weighted by molar-refractivity contribution is 5.95. The summed E-state index contributed by atoms with van der Waals surface area (Å²) in [5, 5.41) is 4.33. The topological polar surface area (TPSA) is 70.7 Å². The van der Waals surface area contributed by atoms with Gasteiger partial charge in [0.2, 0.25) is 5.91 Å². The Bertz CT molecular complexity index is 514. The Labute approximate surface area is 111 Å². The van der Waals surface area contributed by atoms with Gasteiger partial charge in [-0.2, -0.15) is 0 Å². The van der Waals surface area contributed by atoms with Gasteiger partial charge in [-0.1, -0.05) is 6.07 Å². The summed E-state index contributed by atoms with van der Waals surface area (Å²) in [6.07, 6.45) is 0. The predicted molar refractivity (Wildman–Crippen MR) is 70.8 cm³/mol. The molecule has 0 aromatic heterocycles. The molecular formula is C13H17N3O3. The Balaban J connectivity index is 2.19. The number of amides is 2. The highest BCUT2D eigenvalue weighted by Crippen LogP contribution is 2.31. The number of rotatable bonds is 3. The zero-order valence-electron chi connectivity index (χ0n) is 11.2. The Hall–Kier alpha value is -2.08. The van der Waals surface area contributed by atoms with E-state index in [9.17, 15) is 9.59 Å². The fraction of sp³-hybridized carbons (Fsp3) is 0.385. The Morgan fingerprint density at radius 1 is 1.47 bits per heavy atom. The summed E-state index contributed by atoms with van der Waals surface area (Å²) in [7, 11) is 3.51. The van der Waals surface area contributed by atoms with Gasteiger partial charge in [0.05, 0.1) is 11.6 Å². The van der Waals surface area contributed by atoms with E-state index in [-0.39, 0.29) is 24.3 Å². The van der Waals surface area contributed by atoms with Gasteiger partial charge >= 0.3 is 0 Å². The molecule has 1 atom stereocenters. The van der Waals surface area contributed by atoms with Crippen molar-refractivity contribution in [3.05, 3.63) is 23.8 Å². The van der Waals surface area contributed by atoms with Crippen LogP contribution in [0.25, 0.3) is 0 Å². The lowest BCUT2D eigenvalue weighted by atomic mass is 9.99. The number of ether oxygens (including phenoxy) is 1. The summed E-state index contributed by atoms with van der Waals surface area (Å²) in [6.45, 7) is 1.84. The highest BCUT2D eigenvalue weighted by Gasteiger charge is 2.20. The van der Waals surface area contributed by atoms with Crippen LogP contribution in [0.3, 0.4) is 0 Å². The van der Waals surface area contributed by atoms with Gasteiger partial charge in [0, 0.05) is 14.1 Å². The van der Waals surface area contributed by atoms with Crippen molar-refractivity contribution in [3.8, 4) is 5.75 Å². The average molecular weight is 263 g/mol. The van der Waals surface area contributed by atoms with Crippen molar-refractivity contribution in [2.75, 3.05) is 26.0 Å². The van der Waals surface area contributed by atoms with Gasteiger partial charge in [0.15, 0.2) is 6.61 Å². The van der Waals surface area contributed by atoms with Gasteiger partial charge in [0.1, 0.15) is 5.75 Å². The fourth-order valence-electron chi connectivity index (χ4n) is 1.84. The first-order chi connectivity index (χ1) is 8.97. The quantitative estimate of drug-likeness (QED) is 0.788. The van der Waals surface area contributed by atoms with Crippen LogP contribution in [0.4, 0.5) is 5.69 Å². The number of benzene rings is 1. The number of nitrogens with zero attached hydrogens (tertiary/aromatic N) is 1. The highest BCUT2D eigenvalue weighted by atomic mass is 16.5. The van der Waals surface area contributed by atoms with Crippen LogP contribution in [0.5, 0.6) is 5.75 Å². The van der Waals surface area contributed by atoms with E-state index in [0.29, 0.717) is 11.4 Å². The van der Waals surface area contributed by atoms with Gasteiger partial charge in [-0.05, 0) is 24.6 Å². The van der Waals surface area contributed by atoms with E-state index < -0.39 is 0 Å². The van der Waals surface area contributed by atoms with Gasteiger partial charge in [-0.3, -0.25) is 15.0 Å². The molecule has 1 aromatic carbocycles. The van der Waals surface area contributed by atoms with E-state index >= 15 is 0 Å². The molecule has 1 aromatic rings. The molecule has 6 heteroatoms. The maximum absolute atomic E-state index is 11.9. The summed E-state index contributed by atoms with van der Waals surface area (Å²) in [5.74, 6) is 0.0261. The molecule has 1 aliphatic rings. The third-order valence-corrected chi connectivity index (χ3v) is 2.86. The third-order valence-electron chi connectivity index (χ3n) is 2.86. The number of nitrogens with one attached hydrogen (secondary N) is 2. The van der Waals surface area contributed by atoms with Crippen LogP contribution in [-0.4, -0.2) is 37.5 Å². The smallest absolute Gasteiger partial charge is 0.262 e. The van der Waals surface area contributed by atoms with Gasteiger partial charge in [-0.15, -0.1) is 0 Å². The summed E-state index contributed by atoms with van der Waals surface area (Å²) in [4.78, 5) is 23.2. The van der Waals surface area contributed by atoms with E-state index in [1.807, 2.05) is 13.0 Å². The van der Waals surface area contributed by atoms with E-state index in [1.165, 1.54) is 0 Å². The molecule has 102 valence electrons. The first-order valence-electron chi connectivity index (χ1n) is 6.02. The maximum atomic E-state index is 11.9. The molecule has 0 spiro atoms. The average Bonchev–Trinajstić information content (AvgIpc) is 2.36. The van der Waals surface area contributed by atoms with Crippen molar-refractivity contribution in [3.63, 3.8) is 0 Å². The molecule has 6 nitrogen and oxygen atoms in total. The lowest BCUT2D eigenvalue weighted by Crippen LogP contribution is -2.38. The first kappa shape index (κ1) is 13.4. The second kappa shape index (κ2) is 5.27. The summed E-state index contributed by atoms with van der Waals surface area (Å²) < 4.78 is 5.27. The van der Waals surface area contributed by atoms with Crippen LogP contribution in [-0.2, 0) is 9.59 Å². The largest absolute Gasteiger partial charge is 0.482 e. The van der Waals surface area contributed by atoms with E-state index in [0.717, 1.165) is 5.56 Å². The number of carbonyl (C=O) groups excluding carboxylic acids is 2. The van der Waals surface area contributed by atoms with Crippen molar-refractivity contribution in [1.29, 1.82) is 0 Å². The molecule has 1 aliphatic heterocycles. The van der Waals surface area contributed by atoms with Crippen LogP contribution < -0.4 is 15.5 Å². The molecule has 19 heavy (non-hydrogen) atoms. The third kappa shape index (κ3) is 3.03. The monoisotopic (exact) mass is 263 g/mol. The Kier molecular flexibility index (Phi) is 3.71. The number of hydrogen-bond donors (Lipinski definition) is 2. The van der Waals surface area contributed by atoms with E-state index in [2.05, 4.69) is 10.7 Å². The van der Waals surface area contributed by atoms with E-state index in [1.54, 1.807) is 31.2 Å². The molecule has 1 heterocycles. The normalized spacial score (nSPS) is 15.3. The summed E-state index contributed by atoms with van der Waals surface area (Å²) >= 11 is 0. The standard InChI is InChI=1S/C13H17N3O3/c1-8(13(18)15-16(2)3)9-4-5-11-10(6-9)14-12(17)7-19-11/h4-6,8H,7H2,1-3H3,(H,14,17)(H,15,18). The van der Waals surface area contributed by atoms with Gasteiger partial charge in [0.25, 0.3) is 5.91 Å². The van der Waals surface area contributed by atoms with Crippen molar-refractivity contribution >= 4 is 17.5 Å². The molecule has 1 unspecified atom stereocenters. The molecule has 2 rings (SSSR count). The fourth-order valence-corrected chi connectivity index (χ4v) is 1.84. The number of fused-ring (bicyclic) bond motifs is 1. The van der Waals surface area contributed by atoms with Crippen LogP contribution in [0, 0.1) is 0 Å². The Morgan fingerprint density at radius 3 is 2.89 bits per heavy atom. The zero-order valence-corrected chi connectivity index (χ0v) is 11.2. The van der Waals surface area contributed by atoms with Crippen molar-refractivity contribution < 1.29 is 14.3 Å². The van der Waals surface area contributed by atoms with Crippen LogP contribution >= 0.6 is 0 Å². The van der Waals surface area contributed by atoms with Crippen LogP contribution in [0.15, 0.2) is 18.2 Å². The number of hydrazine groups is 1. The number of carbonyl (C=O) groups is 2. The SMILES string of the molecule is CC(C(=O)NN(C)C)c1ccc2c(c1)NC(=O)CO2. The second-order valence-corrected chi connectivity index (χ2v) is 4.68. The number of hydrogen-bond acceptors (Lipinski definition) is 4. The molecule has 0 saturated heterocycles. The lowest BCUT2D eigenvalue weighted by Gasteiger charge is -2.21. The predicted octanol–water partition coefficient (Wildman–Crippen LogP) is 0.714.